The summed E-state index contributed by atoms with van der Waals surface area (Å²) in [5.74, 6) is -1.01. The van der Waals surface area contributed by atoms with Crippen LogP contribution in [0.4, 0.5) is 0 Å². The molecular weight excluding hydrogens is 504 g/mol. The van der Waals surface area contributed by atoms with Crippen molar-refractivity contribution in [2.75, 3.05) is 6.54 Å². The lowest BCUT2D eigenvalue weighted by Crippen LogP contribution is -2.57. The van der Waals surface area contributed by atoms with Crippen molar-refractivity contribution in [2.45, 2.75) is 84.5 Å². The molecule has 0 saturated carbocycles. The summed E-state index contributed by atoms with van der Waals surface area (Å²) in [5, 5.41) is 16.1. The minimum Gasteiger partial charge on any atom is -0.391 e. The monoisotopic (exact) mass is 542 g/mol. The van der Waals surface area contributed by atoms with Crippen molar-refractivity contribution in [3.63, 3.8) is 0 Å². The van der Waals surface area contributed by atoms with E-state index in [1.807, 2.05) is 57.5 Å². The molecule has 0 spiro atoms. The molecule has 3 N–H and O–H groups in total. The average molecular weight is 543 g/mol. The SMILES string of the molecule is Cc1ncsc1-c1ccc(CNC(=O)[C@@H]2C[C@@H](O)CN2C(=O)C(NC(=O)CCCCC=O)C(C)(C)C)cc1. The zero-order valence-electron chi connectivity index (χ0n) is 22.5. The largest absolute Gasteiger partial charge is 0.391 e. The molecule has 9 nitrogen and oxygen atoms in total. The van der Waals surface area contributed by atoms with Crippen molar-refractivity contribution in [1.82, 2.24) is 20.5 Å². The van der Waals surface area contributed by atoms with E-state index in [4.69, 9.17) is 0 Å². The zero-order chi connectivity index (χ0) is 27.9. The van der Waals surface area contributed by atoms with Gasteiger partial charge in [0.25, 0.3) is 0 Å². The number of aryl methyl sites for hydroxylation is 1. The lowest BCUT2D eigenvalue weighted by Gasteiger charge is -2.35. The van der Waals surface area contributed by atoms with Gasteiger partial charge in [-0.15, -0.1) is 11.3 Å². The van der Waals surface area contributed by atoms with Gasteiger partial charge in [-0.05, 0) is 36.3 Å². The summed E-state index contributed by atoms with van der Waals surface area (Å²) in [7, 11) is 0. The first-order chi connectivity index (χ1) is 18.0. The van der Waals surface area contributed by atoms with Gasteiger partial charge in [-0.2, -0.15) is 0 Å². The highest BCUT2D eigenvalue weighted by Crippen LogP contribution is 2.28. The molecule has 2 heterocycles. The Morgan fingerprint density at radius 1 is 1.21 bits per heavy atom. The minimum absolute atomic E-state index is 0.0294. The fourth-order valence-corrected chi connectivity index (χ4v) is 5.34. The quantitative estimate of drug-likeness (QED) is 0.296. The van der Waals surface area contributed by atoms with Gasteiger partial charge in [-0.25, -0.2) is 4.98 Å². The molecule has 0 aliphatic carbocycles. The molecule has 3 atom stereocenters. The van der Waals surface area contributed by atoms with Crippen LogP contribution in [0.15, 0.2) is 29.8 Å². The molecular formula is C28H38N4O5S. The number of nitrogens with one attached hydrogen (secondary N) is 2. The Morgan fingerprint density at radius 2 is 1.92 bits per heavy atom. The highest BCUT2D eigenvalue weighted by molar-refractivity contribution is 7.13. The maximum atomic E-state index is 13.6. The second-order valence-corrected chi connectivity index (χ2v) is 11.7. The number of benzene rings is 1. The maximum Gasteiger partial charge on any atom is 0.246 e. The number of unbranched alkanes of at least 4 members (excludes halogenated alkanes) is 2. The molecule has 1 saturated heterocycles. The molecule has 10 heteroatoms. The van der Waals surface area contributed by atoms with E-state index in [0.717, 1.165) is 28.0 Å². The Hall–Kier alpha value is -3.11. The second-order valence-electron chi connectivity index (χ2n) is 10.9. The predicted octanol–water partition coefficient (Wildman–Crippen LogP) is 2.99. The number of thiazole rings is 1. The number of carbonyl (C=O) groups is 4. The number of carbonyl (C=O) groups excluding carboxylic acids is 4. The Morgan fingerprint density at radius 3 is 2.53 bits per heavy atom. The highest BCUT2D eigenvalue weighted by atomic mass is 32.1. The molecule has 3 amide bonds. The first-order valence-electron chi connectivity index (χ1n) is 13.0. The fourth-order valence-electron chi connectivity index (χ4n) is 4.53. The first kappa shape index (κ1) is 29.4. The third kappa shape index (κ3) is 7.70. The molecule has 38 heavy (non-hydrogen) atoms. The van der Waals surface area contributed by atoms with Crippen LogP contribution < -0.4 is 10.6 Å². The number of aldehydes is 1. The number of aliphatic hydroxyl groups is 1. The predicted molar refractivity (Wildman–Crippen MR) is 146 cm³/mol. The van der Waals surface area contributed by atoms with E-state index in [0.29, 0.717) is 19.3 Å². The number of hydrogen-bond acceptors (Lipinski definition) is 7. The average Bonchev–Trinajstić information content (AvgIpc) is 3.48. The van der Waals surface area contributed by atoms with Gasteiger partial charge < -0.3 is 25.4 Å². The maximum absolute atomic E-state index is 13.6. The van der Waals surface area contributed by atoms with Crippen molar-refractivity contribution >= 4 is 35.3 Å². The van der Waals surface area contributed by atoms with Crippen molar-refractivity contribution in [2.24, 2.45) is 5.41 Å². The van der Waals surface area contributed by atoms with E-state index < -0.39 is 23.6 Å². The molecule has 206 valence electrons. The standard InChI is InChI=1S/C28H38N4O5S/c1-18-24(38-17-30-18)20-11-9-19(10-12-20)15-29-26(36)22-14-21(34)16-32(22)27(37)25(28(2,3)4)31-23(35)8-6-5-7-13-33/h9-13,17,21-22,25,34H,5-8,14-16H2,1-4H3,(H,29,36)(H,31,35)/t21-,22+,25?/m1/s1. The van der Waals surface area contributed by atoms with E-state index in [-0.39, 0.29) is 43.7 Å². The fraction of sp³-hybridized carbons (Fsp3) is 0.536. The summed E-state index contributed by atoms with van der Waals surface area (Å²) in [6.07, 6.45) is 1.90. The van der Waals surface area contributed by atoms with Gasteiger partial charge >= 0.3 is 0 Å². The van der Waals surface area contributed by atoms with Crippen LogP contribution >= 0.6 is 11.3 Å². The smallest absolute Gasteiger partial charge is 0.246 e. The molecule has 3 rings (SSSR count). The molecule has 1 aromatic heterocycles. The van der Waals surface area contributed by atoms with E-state index in [2.05, 4.69) is 15.6 Å². The van der Waals surface area contributed by atoms with Crippen LogP contribution in [-0.4, -0.2) is 63.7 Å². The van der Waals surface area contributed by atoms with Crippen molar-refractivity contribution in [1.29, 1.82) is 0 Å². The van der Waals surface area contributed by atoms with Gasteiger partial charge in [0.2, 0.25) is 17.7 Å². The summed E-state index contributed by atoms with van der Waals surface area (Å²) in [6, 6.07) is 6.19. The van der Waals surface area contributed by atoms with Gasteiger partial charge in [-0.1, -0.05) is 45.0 Å². The number of aliphatic hydroxyl groups excluding tert-OH is 1. The Bertz CT molecular complexity index is 1130. The Balaban J connectivity index is 1.63. The van der Waals surface area contributed by atoms with E-state index in [1.54, 1.807) is 11.3 Å². The first-order valence-corrected chi connectivity index (χ1v) is 13.9. The normalized spacial score (nSPS) is 18.2. The van der Waals surface area contributed by atoms with Crippen LogP contribution in [0.1, 0.15) is 64.1 Å². The molecule has 1 aliphatic rings. The van der Waals surface area contributed by atoms with Crippen molar-refractivity contribution < 1.29 is 24.3 Å². The van der Waals surface area contributed by atoms with E-state index >= 15 is 0 Å². The van der Waals surface area contributed by atoms with Crippen LogP contribution in [0.2, 0.25) is 0 Å². The minimum atomic E-state index is -0.857. The zero-order valence-corrected chi connectivity index (χ0v) is 23.3. The third-order valence-electron chi connectivity index (χ3n) is 6.69. The van der Waals surface area contributed by atoms with Gasteiger partial charge in [0.05, 0.1) is 22.2 Å². The van der Waals surface area contributed by atoms with Crippen molar-refractivity contribution in [3.05, 3.63) is 41.0 Å². The van der Waals surface area contributed by atoms with Crippen LogP contribution in [0, 0.1) is 12.3 Å². The van der Waals surface area contributed by atoms with Crippen LogP contribution in [0.3, 0.4) is 0 Å². The Labute approximate surface area is 228 Å². The summed E-state index contributed by atoms with van der Waals surface area (Å²) in [6.45, 7) is 7.83. The topological polar surface area (TPSA) is 129 Å². The van der Waals surface area contributed by atoms with E-state index in [9.17, 15) is 24.3 Å². The molecule has 0 bridgehead atoms. The Kier molecular flexibility index (Phi) is 10.2. The number of aromatic nitrogens is 1. The van der Waals surface area contributed by atoms with E-state index in [1.165, 1.54) is 4.90 Å². The lowest BCUT2D eigenvalue weighted by molar-refractivity contribution is -0.144. The summed E-state index contributed by atoms with van der Waals surface area (Å²) in [5.41, 5.74) is 4.16. The van der Waals surface area contributed by atoms with Gasteiger partial charge in [0.15, 0.2) is 0 Å². The summed E-state index contributed by atoms with van der Waals surface area (Å²) >= 11 is 1.58. The van der Waals surface area contributed by atoms with Gasteiger partial charge in [-0.3, -0.25) is 14.4 Å². The molecule has 0 radical (unpaired) electrons. The van der Waals surface area contributed by atoms with Gasteiger partial charge in [0.1, 0.15) is 18.4 Å². The highest BCUT2D eigenvalue weighted by Gasteiger charge is 2.44. The molecule has 1 unspecified atom stereocenters. The molecule has 1 fully saturated rings. The van der Waals surface area contributed by atoms with Crippen molar-refractivity contribution in [3.8, 4) is 10.4 Å². The van der Waals surface area contributed by atoms with Gasteiger partial charge in [0, 0.05) is 32.4 Å². The number of nitrogens with zero attached hydrogens (tertiary/aromatic N) is 2. The van der Waals surface area contributed by atoms with Crippen LogP contribution in [0.5, 0.6) is 0 Å². The molecule has 1 aliphatic heterocycles. The van der Waals surface area contributed by atoms with Crippen LogP contribution in [-0.2, 0) is 25.7 Å². The number of hydrogen-bond donors (Lipinski definition) is 3. The van der Waals surface area contributed by atoms with Crippen LogP contribution in [0.25, 0.3) is 10.4 Å². The number of amides is 3. The number of likely N-dealkylation sites (tertiary alicyclic amines) is 1. The third-order valence-corrected chi connectivity index (χ3v) is 7.66. The molecule has 2 aromatic rings. The summed E-state index contributed by atoms with van der Waals surface area (Å²) in [4.78, 5) is 56.5. The second kappa shape index (κ2) is 13.1. The lowest BCUT2D eigenvalue weighted by atomic mass is 9.85. The molecule has 1 aromatic carbocycles. The number of β-amino-alcohol motifs (C(OH)–C–C–N with tert-alkyl or cyclic N) is 1. The summed E-state index contributed by atoms with van der Waals surface area (Å²) < 4.78 is 0. The number of rotatable bonds is 11.